The molecule has 0 saturated heterocycles. The molecule has 4 rings (SSSR count). The zero-order valence-corrected chi connectivity index (χ0v) is 20.7. The van der Waals surface area contributed by atoms with Crippen LogP contribution in [0.2, 0.25) is 0 Å². The van der Waals surface area contributed by atoms with Crippen molar-refractivity contribution in [1.29, 1.82) is 0 Å². The summed E-state index contributed by atoms with van der Waals surface area (Å²) in [7, 11) is 1.15. The standard InChI is InChI=1S/C22H38.C3H4O3.C2H6/c1-4-7-16-10-12-19-18-11-9-17-8-5-6-14-21(17,2)20(18)13-15-22(16,19)3;1-6-3(5)2-4;1-2/h16-20H,4-15H2,1-3H3;2H,1H3;1-2H3. The van der Waals surface area contributed by atoms with Crippen molar-refractivity contribution in [2.24, 2.45) is 40.4 Å². The van der Waals surface area contributed by atoms with Crippen LogP contribution in [0.3, 0.4) is 0 Å². The Morgan fingerprint density at radius 1 is 0.933 bits per heavy atom. The molecule has 0 aromatic rings. The zero-order chi connectivity index (χ0) is 22.4. The van der Waals surface area contributed by atoms with Crippen LogP contribution in [0.15, 0.2) is 0 Å². The van der Waals surface area contributed by atoms with E-state index in [4.69, 9.17) is 0 Å². The molecule has 0 amide bonds. The van der Waals surface area contributed by atoms with Crippen molar-refractivity contribution in [3.63, 3.8) is 0 Å². The largest absolute Gasteiger partial charge is 0.463 e. The van der Waals surface area contributed by atoms with E-state index in [0.717, 1.165) is 47.5 Å². The molecule has 0 heterocycles. The van der Waals surface area contributed by atoms with E-state index in [1.807, 2.05) is 13.8 Å². The van der Waals surface area contributed by atoms with E-state index in [9.17, 15) is 9.59 Å². The highest BCUT2D eigenvalue weighted by Gasteiger charge is 2.59. The number of fused-ring (bicyclic) bond motifs is 5. The first-order chi connectivity index (χ1) is 14.4. The van der Waals surface area contributed by atoms with Gasteiger partial charge in [0.15, 0.2) is 0 Å². The predicted octanol–water partition coefficient (Wildman–Crippen LogP) is 7.22. The molecular formula is C27H48O3. The third-order valence-electron chi connectivity index (χ3n) is 9.71. The molecule has 0 radical (unpaired) electrons. The average molecular weight is 421 g/mol. The van der Waals surface area contributed by atoms with Gasteiger partial charge < -0.3 is 4.74 Å². The van der Waals surface area contributed by atoms with Gasteiger partial charge >= 0.3 is 5.97 Å². The number of carbonyl (C=O) groups is 2. The summed E-state index contributed by atoms with van der Waals surface area (Å²) in [6.07, 6.45) is 18.6. The monoisotopic (exact) mass is 420 g/mol. The fraction of sp³-hybridized carbons (Fsp3) is 0.926. The minimum atomic E-state index is -0.838. The van der Waals surface area contributed by atoms with Crippen LogP contribution in [0, 0.1) is 40.4 Å². The number of carbonyl (C=O) groups excluding carboxylic acids is 2. The summed E-state index contributed by atoms with van der Waals surface area (Å²) in [4.78, 5) is 18.9. The molecule has 30 heavy (non-hydrogen) atoms. The Balaban J connectivity index is 0.000000348. The first kappa shape index (κ1) is 25.4. The Morgan fingerprint density at radius 2 is 1.63 bits per heavy atom. The molecule has 0 aliphatic heterocycles. The molecule has 0 bridgehead atoms. The van der Waals surface area contributed by atoms with Crippen molar-refractivity contribution in [3.8, 4) is 0 Å². The molecule has 4 aliphatic rings. The lowest BCUT2D eigenvalue weighted by molar-refractivity contribution is -0.146. The van der Waals surface area contributed by atoms with Gasteiger partial charge in [-0.05, 0) is 91.8 Å². The summed E-state index contributed by atoms with van der Waals surface area (Å²) >= 11 is 0. The van der Waals surface area contributed by atoms with E-state index < -0.39 is 5.97 Å². The van der Waals surface area contributed by atoms with Crippen LogP contribution in [0.4, 0.5) is 0 Å². The number of hydrogen-bond acceptors (Lipinski definition) is 3. The number of ether oxygens (including phenoxy) is 1. The van der Waals surface area contributed by atoms with Crippen LogP contribution < -0.4 is 0 Å². The van der Waals surface area contributed by atoms with Crippen molar-refractivity contribution in [2.45, 2.75) is 112 Å². The molecule has 0 spiro atoms. The fourth-order valence-electron chi connectivity index (χ4n) is 8.27. The first-order valence-corrected chi connectivity index (χ1v) is 12.9. The SMILES string of the molecule is CC.CCCC1CCC2C3CCC4CCCCC4(C)C3CCC12C.COC(=O)C=O. The number of esters is 1. The predicted molar refractivity (Wildman–Crippen MR) is 124 cm³/mol. The van der Waals surface area contributed by atoms with E-state index in [1.165, 1.54) is 25.7 Å². The Morgan fingerprint density at radius 3 is 2.23 bits per heavy atom. The molecule has 4 aliphatic carbocycles. The Hall–Kier alpha value is -0.860. The molecule has 3 nitrogen and oxygen atoms in total. The molecule has 4 saturated carbocycles. The smallest absolute Gasteiger partial charge is 0.371 e. The van der Waals surface area contributed by atoms with E-state index in [0.29, 0.717) is 0 Å². The lowest BCUT2D eigenvalue weighted by Gasteiger charge is -2.60. The van der Waals surface area contributed by atoms with Crippen molar-refractivity contribution >= 4 is 12.3 Å². The summed E-state index contributed by atoms with van der Waals surface area (Å²) in [5.41, 5.74) is 1.44. The zero-order valence-electron chi connectivity index (χ0n) is 20.7. The van der Waals surface area contributed by atoms with Gasteiger partial charge in [0.25, 0.3) is 0 Å². The van der Waals surface area contributed by atoms with Crippen LogP contribution in [-0.4, -0.2) is 19.4 Å². The van der Waals surface area contributed by atoms with Gasteiger partial charge in [0.05, 0.1) is 7.11 Å². The second-order valence-corrected chi connectivity index (χ2v) is 10.7. The summed E-state index contributed by atoms with van der Waals surface area (Å²) in [5, 5.41) is 0. The van der Waals surface area contributed by atoms with Crippen LogP contribution in [0.1, 0.15) is 112 Å². The second kappa shape index (κ2) is 11.1. The number of rotatable bonds is 3. The lowest BCUT2D eigenvalue weighted by Crippen LogP contribution is -2.52. The van der Waals surface area contributed by atoms with Gasteiger partial charge in [0.1, 0.15) is 0 Å². The van der Waals surface area contributed by atoms with Crippen molar-refractivity contribution in [3.05, 3.63) is 0 Å². The van der Waals surface area contributed by atoms with Gasteiger partial charge in [-0.3, -0.25) is 4.79 Å². The maximum atomic E-state index is 9.59. The maximum absolute atomic E-state index is 9.59. The van der Waals surface area contributed by atoms with E-state index in [1.54, 1.807) is 51.4 Å². The fourth-order valence-corrected chi connectivity index (χ4v) is 8.27. The number of aldehydes is 1. The Labute approximate surface area is 186 Å². The summed E-state index contributed by atoms with van der Waals surface area (Å²) in [5.74, 6) is 4.57. The summed E-state index contributed by atoms with van der Waals surface area (Å²) in [6, 6.07) is 0. The van der Waals surface area contributed by atoms with Crippen LogP contribution in [0.25, 0.3) is 0 Å². The number of methoxy groups -OCH3 is 1. The molecule has 3 heteroatoms. The summed E-state index contributed by atoms with van der Waals surface area (Å²) in [6.45, 7) is 11.8. The molecule has 174 valence electrons. The highest BCUT2D eigenvalue weighted by molar-refractivity contribution is 6.20. The number of hydrogen-bond donors (Lipinski definition) is 0. The van der Waals surface area contributed by atoms with Crippen LogP contribution >= 0.6 is 0 Å². The Kier molecular flexibility index (Phi) is 9.43. The third kappa shape index (κ3) is 4.80. The lowest BCUT2D eigenvalue weighted by atomic mass is 9.45. The highest BCUT2D eigenvalue weighted by Crippen LogP contribution is 2.67. The molecule has 0 aromatic heterocycles. The van der Waals surface area contributed by atoms with Gasteiger partial charge in [-0.1, -0.05) is 60.3 Å². The molecule has 0 aromatic carbocycles. The van der Waals surface area contributed by atoms with E-state index in [2.05, 4.69) is 25.5 Å². The van der Waals surface area contributed by atoms with Gasteiger partial charge in [-0.15, -0.1) is 0 Å². The van der Waals surface area contributed by atoms with Crippen LogP contribution in [-0.2, 0) is 14.3 Å². The third-order valence-corrected chi connectivity index (χ3v) is 9.71. The molecule has 7 atom stereocenters. The van der Waals surface area contributed by atoms with E-state index >= 15 is 0 Å². The Bertz CT molecular complexity index is 558. The summed E-state index contributed by atoms with van der Waals surface area (Å²) < 4.78 is 3.89. The topological polar surface area (TPSA) is 43.4 Å². The van der Waals surface area contributed by atoms with Gasteiger partial charge in [-0.25, -0.2) is 4.79 Å². The minimum absolute atomic E-state index is 0.111. The van der Waals surface area contributed by atoms with E-state index in [-0.39, 0.29) is 6.29 Å². The molecule has 7 unspecified atom stereocenters. The molecule has 4 fully saturated rings. The molecular weight excluding hydrogens is 372 g/mol. The van der Waals surface area contributed by atoms with Crippen molar-refractivity contribution in [1.82, 2.24) is 0 Å². The first-order valence-electron chi connectivity index (χ1n) is 12.9. The van der Waals surface area contributed by atoms with Gasteiger partial charge in [-0.2, -0.15) is 0 Å². The average Bonchev–Trinajstić information content (AvgIpc) is 3.11. The van der Waals surface area contributed by atoms with Gasteiger partial charge in [0, 0.05) is 0 Å². The van der Waals surface area contributed by atoms with Gasteiger partial charge in [0.2, 0.25) is 6.29 Å². The van der Waals surface area contributed by atoms with Crippen molar-refractivity contribution in [2.75, 3.05) is 7.11 Å². The quantitative estimate of drug-likeness (QED) is 0.275. The normalized spacial score (nSPS) is 41.5. The van der Waals surface area contributed by atoms with Crippen molar-refractivity contribution < 1.29 is 14.3 Å². The highest BCUT2D eigenvalue weighted by atomic mass is 16.5. The molecule has 0 N–H and O–H groups in total. The maximum Gasteiger partial charge on any atom is 0.371 e. The minimum Gasteiger partial charge on any atom is -0.463 e. The second-order valence-electron chi connectivity index (χ2n) is 10.7. The van der Waals surface area contributed by atoms with Crippen LogP contribution in [0.5, 0.6) is 0 Å².